The van der Waals surface area contributed by atoms with Gasteiger partial charge in [-0.1, -0.05) is 38.1 Å². The Hall–Kier alpha value is -1.33. The molecule has 17 heavy (non-hydrogen) atoms. The number of benzene rings is 1. The molecule has 92 valence electrons. The highest BCUT2D eigenvalue weighted by Gasteiger charge is 2.11. The van der Waals surface area contributed by atoms with Crippen molar-refractivity contribution < 1.29 is 0 Å². The van der Waals surface area contributed by atoms with Gasteiger partial charge in [-0.15, -0.1) is 0 Å². The van der Waals surface area contributed by atoms with Crippen molar-refractivity contribution >= 4 is 0 Å². The minimum absolute atomic E-state index is 0.205. The van der Waals surface area contributed by atoms with Gasteiger partial charge in [-0.2, -0.15) is 5.26 Å². The number of rotatable bonds is 5. The summed E-state index contributed by atoms with van der Waals surface area (Å²) in [5.41, 5.74) is 2.39. The van der Waals surface area contributed by atoms with Crippen LogP contribution in [0.2, 0.25) is 0 Å². The average molecular weight is 230 g/mol. The van der Waals surface area contributed by atoms with Crippen molar-refractivity contribution in [3.8, 4) is 6.07 Å². The highest BCUT2D eigenvalue weighted by atomic mass is 14.9. The number of nitrogens with one attached hydrogen (secondary N) is 1. The van der Waals surface area contributed by atoms with Gasteiger partial charge in [-0.3, -0.25) is 5.32 Å². The minimum atomic E-state index is -0.205. The molecule has 2 heteroatoms. The second kappa shape index (κ2) is 6.42. The van der Waals surface area contributed by atoms with Crippen LogP contribution in [0.25, 0.3) is 0 Å². The van der Waals surface area contributed by atoms with E-state index in [9.17, 15) is 0 Å². The zero-order valence-corrected chi connectivity index (χ0v) is 11.2. The maximum atomic E-state index is 9.13. The van der Waals surface area contributed by atoms with Crippen molar-refractivity contribution in [1.82, 2.24) is 5.32 Å². The molecule has 0 aliphatic rings. The number of hydrogen-bond donors (Lipinski definition) is 1. The van der Waals surface area contributed by atoms with Gasteiger partial charge in [-0.25, -0.2) is 0 Å². The molecule has 1 N–H and O–H groups in total. The maximum absolute atomic E-state index is 9.13. The third kappa shape index (κ3) is 4.58. The van der Waals surface area contributed by atoms with Gasteiger partial charge in [0.25, 0.3) is 0 Å². The predicted octanol–water partition coefficient (Wildman–Crippen LogP) is 3.45. The number of nitrogens with zero attached hydrogens (tertiary/aromatic N) is 1. The molecule has 0 amide bonds. The van der Waals surface area contributed by atoms with Crippen LogP contribution in [0.15, 0.2) is 24.3 Å². The second-order valence-electron chi connectivity index (χ2n) is 5.22. The van der Waals surface area contributed by atoms with Gasteiger partial charge >= 0.3 is 0 Å². The van der Waals surface area contributed by atoms with Crippen LogP contribution in [0.4, 0.5) is 0 Å². The lowest BCUT2D eigenvalue weighted by Gasteiger charge is -2.15. The molecule has 0 saturated carbocycles. The van der Waals surface area contributed by atoms with Gasteiger partial charge in [0.1, 0.15) is 6.04 Å². The van der Waals surface area contributed by atoms with E-state index < -0.39 is 0 Å². The molecule has 1 unspecified atom stereocenters. The second-order valence-corrected chi connectivity index (χ2v) is 5.22. The van der Waals surface area contributed by atoms with Gasteiger partial charge in [-0.05, 0) is 37.3 Å². The normalized spacial score (nSPS) is 12.8. The monoisotopic (exact) mass is 230 g/mol. The van der Waals surface area contributed by atoms with Crippen molar-refractivity contribution in [3.63, 3.8) is 0 Å². The van der Waals surface area contributed by atoms with Crippen LogP contribution in [-0.2, 0) is 6.42 Å². The molecular formula is C15H22N2. The van der Waals surface area contributed by atoms with E-state index in [1.165, 1.54) is 5.56 Å². The summed E-state index contributed by atoms with van der Waals surface area (Å²) in [5, 5.41) is 12.4. The molecule has 0 fully saturated rings. The Labute approximate surface area is 105 Å². The Balaban J connectivity index is 2.75. The van der Waals surface area contributed by atoms with Crippen LogP contribution in [0, 0.1) is 17.2 Å². The van der Waals surface area contributed by atoms with Crippen molar-refractivity contribution in [3.05, 3.63) is 35.4 Å². The van der Waals surface area contributed by atoms with E-state index in [4.69, 9.17) is 5.26 Å². The Bertz CT molecular complexity index is 371. The summed E-state index contributed by atoms with van der Waals surface area (Å²) < 4.78 is 0. The highest BCUT2D eigenvalue weighted by molar-refractivity contribution is 5.28. The lowest BCUT2D eigenvalue weighted by atomic mass is 9.99. The maximum Gasteiger partial charge on any atom is 0.121 e. The fourth-order valence-electron chi connectivity index (χ4n) is 1.86. The molecule has 1 atom stereocenters. The van der Waals surface area contributed by atoms with Crippen molar-refractivity contribution in [2.45, 2.75) is 46.2 Å². The van der Waals surface area contributed by atoms with E-state index in [0.717, 1.165) is 12.0 Å². The first-order valence-electron chi connectivity index (χ1n) is 6.27. The molecule has 0 aromatic heterocycles. The fraction of sp³-hybridized carbons (Fsp3) is 0.533. The van der Waals surface area contributed by atoms with E-state index in [-0.39, 0.29) is 6.04 Å². The third-order valence-corrected chi connectivity index (χ3v) is 2.59. The van der Waals surface area contributed by atoms with Crippen molar-refractivity contribution in [2.75, 3.05) is 0 Å². The van der Waals surface area contributed by atoms with Gasteiger partial charge in [0.05, 0.1) is 6.07 Å². The van der Waals surface area contributed by atoms with E-state index in [2.05, 4.69) is 63.3 Å². The molecule has 0 spiro atoms. The third-order valence-electron chi connectivity index (χ3n) is 2.59. The zero-order valence-electron chi connectivity index (χ0n) is 11.2. The summed E-state index contributed by atoms with van der Waals surface area (Å²) in [5.74, 6) is 0.668. The lowest BCUT2D eigenvalue weighted by molar-refractivity contribution is 0.546. The Kier molecular flexibility index (Phi) is 5.18. The summed E-state index contributed by atoms with van der Waals surface area (Å²) in [7, 11) is 0. The first kappa shape index (κ1) is 13.7. The smallest absolute Gasteiger partial charge is 0.121 e. The van der Waals surface area contributed by atoms with Gasteiger partial charge in [0, 0.05) is 6.04 Å². The Morgan fingerprint density at radius 2 is 1.71 bits per heavy atom. The SMILES string of the molecule is CC(C)Cc1ccc(C(C#N)NC(C)C)cc1. The topological polar surface area (TPSA) is 35.8 Å². The van der Waals surface area contributed by atoms with Crippen LogP contribution >= 0.6 is 0 Å². The van der Waals surface area contributed by atoms with Crippen LogP contribution in [-0.4, -0.2) is 6.04 Å². The van der Waals surface area contributed by atoms with Crippen molar-refractivity contribution in [1.29, 1.82) is 5.26 Å². The van der Waals surface area contributed by atoms with Crippen LogP contribution < -0.4 is 5.32 Å². The molecule has 1 aromatic carbocycles. The van der Waals surface area contributed by atoms with Crippen LogP contribution in [0.3, 0.4) is 0 Å². The molecule has 0 heterocycles. The Morgan fingerprint density at radius 1 is 1.12 bits per heavy atom. The van der Waals surface area contributed by atoms with E-state index in [1.807, 2.05) is 0 Å². The van der Waals surface area contributed by atoms with Crippen LogP contribution in [0.5, 0.6) is 0 Å². The van der Waals surface area contributed by atoms with Crippen molar-refractivity contribution in [2.24, 2.45) is 5.92 Å². The first-order chi connectivity index (χ1) is 8.02. The Morgan fingerprint density at radius 3 is 2.12 bits per heavy atom. The highest BCUT2D eigenvalue weighted by Crippen LogP contribution is 2.15. The molecular weight excluding hydrogens is 208 g/mol. The molecule has 2 nitrogen and oxygen atoms in total. The summed E-state index contributed by atoms with van der Waals surface area (Å²) in [6.45, 7) is 8.54. The largest absolute Gasteiger partial charge is 0.296 e. The van der Waals surface area contributed by atoms with Gasteiger partial charge in [0.2, 0.25) is 0 Å². The summed E-state index contributed by atoms with van der Waals surface area (Å²) in [6, 6.07) is 10.8. The summed E-state index contributed by atoms with van der Waals surface area (Å²) in [4.78, 5) is 0. The zero-order chi connectivity index (χ0) is 12.8. The molecule has 0 radical (unpaired) electrons. The van der Waals surface area contributed by atoms with E-state index in [0.29, 0.717) is 12.0 Å². The molecule has 1 aromatic rings. The first-order valence-corrected chi connectivity index (χ1v) is 6.27. The predicted molar refractivity (Wildman–Crippen MR) is 71.6 cm³/mol. The van der Waals surface area contributed by atoms with Crippen LogP contribution in [0.1, 0.15) is 44.9 Å². The number of hydrogen-bond acceptors (Lipinski definition) is 2. The molecule has 0 bridgehead atoms. The minimum Gasteiger partial charge on any atom is -0.296 e. The molecule has 0 aliphatic heterocycles. The molecule has 1 rings (SSSR count). The van der Waals surface area contributed by atoms with Gasteiger partial charge in [0.15, 0.2) is 0 Å². The lowest BCUT2D eigenvalue weighted by Crippen LogP contribution is -2.27. The van der Waals surface area contributed by atoms with Gasteiger partial charge < -0.3 is 0 Å². The van der Waals surface area contributed by atoms with E-state index >= 15 is 0 Å². The fourth-order valence-corrected chi connectivity index (χ4v) is 1.86. The standard InChI is InChI=1S/C15H22N2/c1-11(2)9-13-5-7-14(8-6-13)15(10-16)17-12(3)4/h5-8,11-12,15,17H,9H2,1-4H3. The average Bonchev–Trinajstić information content (AvgIpc) is 2.26. The summed E-state index contributed by atoms with van der Waals surface area (Å²) >= 11 is 0. The molecule has 0 aliphatic carbocycles. The molecule has 0 saturated heterocycles. The number of nitriles is 1. The van der Waals surface area contributed by atoms with E-state index in [1.54, 1.807) is 0 Å². The quantitative estimate of drug-likeness (QED) is 0.841. The summed E-state index contributed by atoms with van der Waals surface area (Å²) in [6.07, 6.45) is 1.09.